The van der Waals surface area contributed by atoms with Gasteiger partial charge in [0, 0.05) is 33.8 Å². The van der Waals surface area contributed by atoms with Crippen LogP contribution in [0.15, 0.2) is 59.5 Å². The van der Waals surface area contributed by atoms with Crippen LogP contribution in [0.5, 0.6) is 0 Å². The number of rotatable bonds is 2. The summed E-state index contributed by atoms with van der Waals surface area (Å²) in [7, 11) is 1.85. The maximum absolute atomic E-state index is 13.0. The molecule has 2 nitrogen and oxygen atoms in total. The van der Waals surface area contributed by atoms with Crippen molar-refractivity contribution < 1.29 is 4.79 Å². The molecule has 0 saturated carbocycles. The summed E-state index contributed by atoms with van der Waals surface area (Å²) in [5, 5.41) is 0. The van der Waals surface area contributed by atoms with Crippen LogP contribution >= 0.6 is 23.1 Å². The second kappa shape index (κ2) is 6.11. The van der Waals surface area contributed by atoms with Gasteiger partial charge in [0.05, 0.1) is 4.88 Å². The number of anilines is 1. The third kappa shape index (κ3) is 2.56. The average Bonchev–Trinajstić information content (AvgIpc) is 3.05. The predicted octanol–water partition coefficient (Wildman–Crippen LogP) is 5.61. The lowest BCUT2D eigenvalue weighted by molar-refractivity contribution is 0.0996. The minimum atomic E-state index is 0.0613. The fraction of sp³-hybridized carbons (Fsp3) is 0.150. The Balaban J connectivity index is 1.71. The smallest absolute Gasteiger partial charge is 0.268 e. The molecule has 0 spiro atoms. The molecule has 0 N–H and O–H groups in total. The first kappa shape index (κ1) is 15.5. The summed E-state index contributed by atoms with van der Waals surface area (Å²) in [5.74, 6) is 0.996. The maximum atomic E-state index is 13.0. The van der Waals surface area contributed by atoms with E-state index in [9.17, 15) is 4.79 Å². The van der Waals surface area contributed by atoms with Gasteiger partial charge in [-0.15, -0.1) is 23.1 Å². The highest BCUT2D eigenvalue weighted by molar-refractivity contribution is 7.98. The van der Waals surface area contributed by atoms with E-state index in [1.165, 1.54) is 20.9 Å². The van der Waals surface area contributed by atoms with Crippen molar-refractivity contribution in [2.24, 2.45) is 0 Å². The fourth-order valence-corrected chi connectivity index (χ4v) is 5.41. The summed E-state index contributed by atoms with van der Waals surface area (Å²) in [6, 6.07) is 18.5. The van der Waals surface area contributed by atoms with Crippen molar-refractivity contribution in [3.63, 3.8) is 0 Å². The van der Waals surface area contributed by atoms with E-state index in [-0.39, 0.29) is 5.91 Å². The van der Waals surface area contributed by atoms with E-state index in [0.717, 1.165) is 21.9 Å². The molecule has 2 aromatic carbocycles. The van der Waals surface area contributed by atoms with Crippen molar-refractivity contribution in [3.05, 3.63) is 70.6 Å². The standard InChI is InChI=1S/C20H17NOS2/c1-13-7-3-5-9-16(13)21(2)20(22)18-11-14-12-23-17-10-6-4-8-15(17)19(14)24-18/h3-11H,12H2,1-2H3. The van der Waals surface area contributed by atoms with Crippen LogP contribution < -0.4 is 4.90 Å². The van der Waals surface area contributed by atoms with Crippen molar-refractivity contribution in [2.45, 2.75) is 17.6 Å². The topological polar surface area (TPSA) is 20.3 Å². The van der Waals surface area contributed by atoms with Crippen molar-refractivity contribution in [3.8, 4) is 10.4 Å². The molecule has 3 aromatic rings. The molecule has 0 bridgehead atoms. The van der Waals surface area contributed by atoms with Gasteiger partial charge in [-0.2, -0.15) is 0 Å². The second-order valence-corrected chi connectivity index (χ2v) is 7.97. The summed E-state index contributed by atoms with van der Waals surface area (Å²) in [6.45, 7) is 2.03. The highest BCUT2D eigenvalue weighted by atomic mass is 32.2. The normalized spacial score (nSPS) is 12.4. The van der Waals surface area contributed by atoms with Crippen LogP contribution in [0.2, 0.25) is 0 Å². The van der Waals surface area contributed by atoms with Crippen LogP contribution in [0, 0.1) is 6.92 Å². The molecular weight excluding hydrogens is 334 g/mol. The van der Waals surface area contributed by atoms with E-state index < -0.39 is 0 Å². The highest BCUT2D eigenvalue weighted by Crippen LogP contribution is 2.45. The first-order valence-corrected chi connectivity index (χ1v) is 9.64. The number of fused-ring (bicyclic) bond motifs is 3. The second-order valence-electron chi connectivity index (χ2n) is 5.90. The molecule has 1 aliphatic rings. The number of thioether (sulfide) groups is 1. The number of thiophene rings is 1. The zero-order chi connectivity index (χ0) is 16.7. The molecule has 1 aromatic heterocycles. The Morgan fingerprint density at radius 3 is 2.67 bits per heavy atom. The number of nitrogens with zero attached hydrogens (tertiary/aromatic N) is 1. The molecule has 24 heavy (non-hydrogen) atoms. The first-order valence-electron chi connectivity index (χ1n) is 7.84. The van der Waals surface area contributed by atoms with Crippen LogP contribution in [-0.2, 0) is 5.75 Å². The lowest BCUT2D eigenvalue weighted by Crippen LogP contribution is -2.26. The SMILES string of the molecule is Cc1ccccc1N(C)C(=O)c1cc2c(s1)-c1ccccc1SC2. The van der Waals surface area contributed by atoms with Crippen molar-refractivity contribution in [1.29, 1.82) is 0 Å². The molecule has 1 aliphatic heterocycles. The summed E-state index contributed by atoms with van der Waals surface area (Å²) < 4.78 is 0. The van der Waals surface area contributed by atoms with E-state index in [1.807, 2.05) is 50.0 Å². The van der Waals surface area contributed by atoms with Crippen LogP contribution in [0.1, 0.15) is 20.8 Å². The van der Waals surface area contributed by atoms with Gasteiger partial charge in [-0.3, -0.25) is 4.79 Å². The van der Waals surface area contributed by atoms with Gasteiger partial charge >= 0.3 is 0 Å². The summed E-state index contributed by atoms with van der Waals surface area (Å²) >= 11 is 3.46. The monoisotopic (exact) mass is 351 g/mol. The van der Waals surface area contributed by atoms with Gasteiger partial charge in [0.25, 0.3) is 5.91 Å². The summed E-state index contributed by atoms with van der Waals surface area (Å²) in [5.41, 5.74) is 4.59. The number of carbonyl (C=O) groups excluding carboxylic acids is 1. The third-order valence-corrected chi connectivity index (χ3v) is 6.64. The van der Waals surface area contributed by atoms with Crippen LogP contribution in [0.3, 0.4) is 0 Å². The molecule has 120 valence electrons. The van der Waals surface area contributed by atoms with Gasteiger partial charge in [-0.1, -0.05) is 36.4 Å². The molecule has 0 atom stereocenters. The van der Waals surface area contributed by atoms with E-state index in [0.29, 0.717) is 0 Å². The van der Waals surface area contributed by atoms with Crippen LogP contribution in [-0.4, -0.2) is 13.0 Å². The van der Waals surface area contributed by atoms with E-state index in [1.54, 1.807) is 16.2 Å². The number of benzene rings is 2. The maximum Gasteiger partial charge on any atom is 0.268 e. The fourth-order valence-electron chi connectivity index (χ4n) is 3.02. The lowest BCUT2D eigenvalue weighted by atomic mass is 10.1. The molecule has 0 saturated heterocycles. The number of hydrogen-bond acceptors (Lipinski definition) is 3. The molecule has 4 rings (SSSR count). The molecule has 1 amide bonds. The number of hydrogen-bond donors (Lipinski definition) is 0. The van der Waals surface area contributed by atoms with Gasteiger partial charge in [0.2, 0.25) is 0 Å². The van der Waals surface area contributed by atoms with E-state index >= 15 is 0 Å². The molecule has 0 unspecified atom stereocenters. The Hall–Kier alpha value is -2.04. The van der Waals surface area contributed by atoms with Gasteiger partial charge in [0.1, 0.15) is 0 Å². The predicted molar refractivity (Wildman–Crippen MR) is 103 cm³/mol. The Labute approximate surface area is 150 Å². The molecular formula is C20H17NOS2. The molecule has 0 radical (unpaired) electrons. The average molecular weight is 351 g/mol. The molecule has 0 aliphatic carbocycles. The Bertz CT molecular complexity index is 929. The largest absolute Gasteiger partial charge is 0.310 e. The van der Waals surface area contributed by atoms with Gasteiger partial charge < -0.3 is 4.90 Å². The van der Waals surface area contributed by atoms with Gasteiger partial charge in [0.15, 0.2) is 0 Å². The van der Waals surface area contributed by atoms with Crippen molar-refractivity contribution in [1.82, 2.24) is 0 Å². The minimum absolute atomic E-state index is 0.0613. The van der Waals surface area contributed by atoms with Crippen LogP contribution in [0.25, 0.3) is 10.4 Å². The highest BCUT2D eigenvalue weighted by Gasteiger charge is 2.24. The van der Waals surface area contributed by atoms with Crippen LogP contribution in [0.4, 0.5) is 5.69 Å². The Kier molecular flexibility index (Phi) is 3.94. The number of amides is 1. The number of para-hydroxylation sites is 1. The van der Waals surface area contributed by atoms with Crippen molar-refractivity contribution in [2.75, 3.05) is 11.9 Å². The molecule has 4 heteroatoms. The lowest BCUT2D eigenvalue weighted by Gasteiger charge is -2.18. The Morgan fingerprint density at radius 2 is 1.83 bits per heavy atom. The molecule has 0 fully saturated rings. The summed E-state index contributed by atoms with van der Waals surface area (Å²) in [4.78, 5) is 18.1. The third-order valence-electron chi connectivity index (χ3n) is 4.32. The van der Waals surface area contributed by atoms with Gasteiger partial charge in [-0.25, -0.2) is 0 Å². The number of carbonyl (C=O) groups is 1. The van der Waals surface area contributed by atoms with E-state index in [2.05, 4.69) is 30.3 Å². The zero-order valence-electron chi connectivity index (χ0n) is 13.6. The minimum Gasteiger partial charge on any atom is -0.310 e. The Morgan fingerprint density at radius 1 is 1.08 bits per heavy atom. The number of aryl methyl sites for hydroxylation is 1. The summed E-state index contributed by atoms with van der Waals surface area (Å²) in [6.07, 6.45) is 0. The van der Waals surface area contributed by atoms with E-state index in [4.69, 9.17) is 0 Å². The first-order chi connectivity index (χ1) is 11.6. The molecule has 2 heterocycles. The van der Waals surface area contributed by atoms with Crippen molar-refractivity contribution >= 4 is 34.7 Å². The van der Waals surface area contributed by atoms with Gasteiger partial charge in [-0.05, 0) is 36.2 Å². The quantitative estimate of drug-likeness (QED) is 0.598. The zero-order valence-corrected chi connectivity index (χ0v) is 15.2.